The smallest absolute Gasteiger partial charge is 0.309 e. The molecule has 1 aliphatic rings. The SMILES string of the molecule is C=CCCCCCCC#CCCCCCCCCC1CC(COC)OC1=O. The molecule has 1 heterocycles. The molecule has 1 aliphatic heterocycles. The van der Waals surface area contributed by atoms with Gasteiger partial charge in [0.1, 0.15) is 6.10 Å². The van der Waals surface area contributed by atoms with Crippen molar-refractivity contribution in [2.45, 2.75) is 102 Å². The molecule has 154 valence electrons. The second-order valence-electron chi connectivity index (χ2n) is 7.70. The van der Waals surface area contributed by atoms with E-state index in [4.69, 9.17) is 9.47 Å². The highest BCUT2D eigenvalue weighted by molar-refractivity contribution is 5.74. The van der Waals surface area contributed by atoms with Gasteiger partial charge in [0.25, 0.3) is 0 Å². The highest BCUT2D eigenvalue weighted by atomic mass is 16.6. The van der Waals surface area contributed by atoms with Crippen LogP contribution < -0.4 is 0 Å². The minimum atomic E-state index is -0.0223. The largest absolute Gasteiger partial charge is 0.460 e. The number of allylic oxidation sites excluding steroid dienone is 1. The molecular weight excluding hydrogens is 336 g/mol. The molecule has 0 saturated carbocycles. The minimum absolute atomic E-state index is 0.0209. The molecule has 0 bridgehead atoms. The first-order valence-electron chi connectivity index (χ1n) is 11.0. The van der Waals surface area contributed by atoms with Crippen LogP contribution in [0, 0.1) is 17.8 Å². The highest BCUT2D eigenvalue weighted by Crippen LogP contribution is 2.26. The molecule has 2 unspecified atom stereocenters. The Bertz CT molecular complexity index is 446. The Morgan fingerprint density at radius 2 is 1.59 bits per heavy atom. The number of hydrogen-bond donors (Lipinski definition) is 0. The van der Waals surface area contributed by atoms with E-state index in [2.05, 4.69) is 18.4 Å². The van der Waals surface area contributed by atoms with Crippen molar-refractivity contribution in [3.8, 4) is 11.8 Å². The average molecular weight is 377 g/mol. The lowest BCUT2D eigenvalue weighted by molar-refractivity contribution is -0.145. The van der Waals surface area contributed by atoms with Gasteiger partial charge in [-0.25, -0.2) is 0 Å². The number of esters is 1. The zero-order valence-corrected chi connectivity index (χ0v) is 17.5. The molecule has 1 rings (SSSR count). The maximum Gasteiger partial charge on any atom is 0.309 e. The Morgan fingerprint density at radius 1 is 1.00 bits per heavy atom. The molecule has 0 radical (unpaired) electrons. The van der Waals surface area contributed by atoms with Crippen molar-refractivity contribution in [3.05, 3.63) is 12.7 Å². The second-order valence-corrected chi connectivity index (χ2v) is 7.70. The Morgan fingerprint density at radius 3 is 2.22 bits per heavy atom. The maximum atomic E-state index is 11.8. The van der Waals surface area contributed by atoms with E-state index in [9.17, 15) is 4.79 Å². The van der Waals surface area contributed by atoms with Crippen LogP contribution in [0.25, 0.3) is 0 Å². The Balaban J connectivity index is 1.84. The van der Waals surface area contributed by atoms with E-state index >= 15 is 0 Å². The molecule has 0 aromatic carbocycles. The van der Waals surface area contributed by atoms with Gasteiger partial charge in [0.15, 0.2) is 0 Å². The number of hydrogen-bond acceptors (Lipinski definition) is 3. The van der Waals surface area contributed by atoms with Crippen molar-refractivity contribution in [3.63, 3.8) is 0 Å². The summed E-state index contributed by atoms with van der Waals surface area (Å²) in [6.45, 7) is 4.28. The number of carbonyl (C=O) groups excluding carboxylic acids is 1. The summed E-state index contributed by atoms with van der Waals surface area (Å²) in [4.78, 5) is 11.8. The molecular formula is C24H40O3. The van der Waals surface area contributed by atoms with Crippen LogP contribution in [0.5, 0.6) is 0 Å². The molecule has 0 aliphatic carbocycles. The summed E-state index contributed by atoms with van der Waals surface area (Å²) in [5.74, 6) is 6.71. The molecule has 3 nitrogen and oxygen atoms in total. The number of ether oxygens (including phenoxy) is 2. The molecule has 1 saturated heterocycles. The van der Waals surface area contributed by atoms with E-state index in [1.807, 2.05) is 6.08 Å². The Kier molecular flexibility index (Phi) is 14.9. The van der Waals surface area contributed by atoms with E-state index in [1.165, 1.54) is 57.8 Å². The van der Waals surface area contributed by atoms with Gasteiger partial charge in [0, 0.05) is 20.0 Å². The van der Waals surface area contributed by atoms with Gasteiger partial charge in [0.2, 0.25) is 0 Å². The van der Waals surface area contributed by atoms with Crippen LogP contribution in [0.15, 0.2) is 12.7 Å². The minimum Gasteiger partial charge on any atom is -0.460 e. The molecule has 3 heteroatoms. The van der Waals surface area contributed by atoms with Crippen LogP contribution in [0.1, 0.15) is 96.3 Å². The third kappa shape index (κ3) is 12.7. The van der Waals surface area contributed by atoms with Crippen LogP contribution in [0.2, 0.25) is 0 Å². The number of unbranched alkanes of at least 4 members (excludes halogenated alkanes) is 11. The molecule has 0 amide bonds. The lowest BCUT2D eigenvalue weighted by atomic mass is 9.97. The van der Waals surface area contributed by atoms with Crippen molar-refractivity contribution >= 4 is 5.97 Å². The summed E-state index contributed by atoms with van der Waals surface area (Å²) in [6.07, 6.45) is 19.6. The highest BCUT2D eigenvalue weighted by Gasteiger charge is 2.33. The fourth-order valence-electron chi connectivity index (χ4n) is 3.59. The predicted molar refractivity (Wildman–Crippen MR) is 112 cm³/mol. The van der Waals surface area contributed by atoms with Gasteiger partial charge in [0.05, 0.1) is 12.5 Å². The summed E-state index contributed by atoms with van der Waals surface area (Å²) in [5, 5.41) is 0. The van der Waals surface area contributed by atoms with Crippen LogP contribution >= 0.6 is 0 Å². The number of carbonyl (C=O) groups is 1. The number of cyclic esters (lactones) is 1. The number of rotatable bonds is 16. The first-order valence-corrected chi connectivity index (χ1v) is 11.0. The van der Waals surface area contributed by atoms with Gasteiger partial charge >= 0.3 is 5.97 Å². The quantitative estimate of drug-likeness (QED) is 0.139. The zero-order chi connectivity index (χ0) is 19.6. The monoisotopic (exact) mass is 376 g/mol. The fourth-order valence-corrected chi connectivity index (χ4v) is 3.59. The Hall–Kier alpha value is -1.27. The maximum absolute atomic E-state index is 11.8. The van der Waals surface area contributed by atoms with Gasteiger partial charge in [-0.2, -0.15) is 0 Å². The van der Waals surface area contributed by atoms with Crippen LogP contribution in [-0.2, 0) is 14.3 Å². The van der Waals surface area contributed by atoms with E-state index < -0.39 is 0 Å². The molecule has 0 aromatic rings. The van der Waals surface area contributed by atoms with Crippen molar-refractivity contribution in [1.82, 2.24) is 0 Å². The molecule has 0 N–H and O–H groups in total. The molecule has 2 atom stereocenters. The number of methoxy groups -OCH3 is 1. The van der Waals surface area contributed by atoms with Crippen LogP contribution in [0.3, 0.4) is 0 Å². The van der Waals surface area contributed by atoms with Gasteiger partial charge in [-0.15, -0.1) is 18.4 Å². The van der Waals surface area contributed by atoms with Gasteiger partial charge < -0.3 is 9.47 Å². The van der Waals surface area contributed by atoms with Gasteiger partial charge in [-0.3, -0.25) is 4.79 Å². The van der Waals surface area contributed by atoms with Crippen molar-refractivity contribution in [1.29, 1.82) is 0 Å². The molecule has 0 aromatic heterocycles. The molecule has 0 spiro atoms. The standard InChI is InChI=1S/C24H40O3/c1-3-4-5-6-7-8-9-10-11-12-13-14-15-16-17-18-19-22-20-23(21-26-2)27-24(22)25/h3,22-23H,1,4-9,12-21H2,2H3. The first-order chi connectivity index (χ1) is 13.3. The van der Waals surface area contributed by atoms with Crippen LogP contribution in [-0.4, -0.2) is 25.8 Å². The normalized spacial score (nSPS) is 18.8. The summed E-state index contributed by atoms with van der Waals surface area (Å²) in [5.41, 5.74) is 0. The average Bonchev–Trinajstić information content (AvgIpc) is 3.01. The first kappa shape index (κ1) is 23.8. The van der Waals surface area contributed by atoms with Gasteiger partial charge in [-0.1, -0.05) is 51.0 Å². The van der Waals surface area contributed by atoms with E-state index in [-0.39, 0.29) is 18.0 Å². The molecule has 27 heavy (non-hydrogen) atoms. The van der Waals surface area contributed by atoms with E-state index in [0.717, 1.165) is 38.5 Å². The van der Waals surface area contributed by atoms with Crippen molar-refractivity contribution in [2.75, 3.05) is 13.7 Å². The Labute approximate surface area is 167 Å². The lowest BCUT2D eigenvalue weighted by Gasteiger charge is -2.06. The third-order valence-electron chi connectivity index (χ3n) is 5.21. The fraction of sp³-hybridized carbons (Fsp3) is 0.792. The summed E-state index contributed by atoms with van der Waals surface area (Å²) >= 11 is 0. The summed E-state index contributed by atoms with van der Waals surface area (Å²) < 4.78 is 10.4. The summed E-state index contributed by atoms with van der Waals surface area (Å²) in [7, 11) is 1.65. The van der Waals surface area contributed by atoms with Crippen molar-refractivity contribution < 1.29 is 14.3 Å². The van der Waals surface area contributed by atoms with Crippen LogP contribution in [0.4, 0.5) is 0 Å². The third-order valence-corrected chi connectivity index (χ3v) is 5.21. The second kappa shape index (κ2) is 16.9. The predicted octanol–water partition coefficient (Wildman–Crippen LogP) is 6.22. The topological polar surface area (TPSA) is 35.5 Å². The van der Waals surface area contributed by atoms with E-state index in [1.54, 1.807) is 7.11 Å². The van der Waals surface area contributed by atoms with Crippen molar-refractivity contribution in [2.24, 2.45) is 5.92 Å². The van der Waals surface area contributed by atoms with Gasteiger partial charge in [-0.05, 0) is 38.5 Å². The van der Waals surface area contributed by atoms with E-state index in [0.29, 0.717) is 6.61 Å². The molecule has 1 fully saturated rings. The lowest BCUT2D eigenvalue weighted by Crippen LogP contribution is -2.13. The summed E-state index contributed by atoms with van der Waals surface area (Å²) in [6, 6.07) is 0. The zero-order valence-electron chi connectivity index (χ0n) is 17.5.